The van der Waals surface area contributed by atoms with Crippen molar-refractivity contribution < 1.29 is 8.42 Å². The Morgan fingerprint density at radius 2 is 2.28 bits per heavy atom. The summed E-state index contributed by atoms with van der Waals surface area (Å²) in [6, 6.07) is 0. The lowest BCUT2D eigenvalue weighted by Gasteiger charge is -2.05. The van der Waals surface area contributed by atoms with E-state index in [1.807, 2.05) is 0 Å². The highest BCUT2D eigenvalue weighted by molar-refractivity contribution is 7.89. The van der Waals surface area contributed by atoms with Gasteiger partial charge in [0, 0.05) is 18.1 Å². The minimum Gasteiger partial charge on any atom is -0.279 e. The second kappa shape index (κ2) is 5.56. The van der Waals surface area contributed by atoms with Crippen LogP contribution in [0.3, 0.4) is 0 Å². The van der Waals surface area contributed by atoms with Crippen molar-refractivity contribution in [1.29, 1.82) is 0 Å². The van der Waals surface area contributed by atoms with E-state index in [-0.39, 0.29) is 10.2 Å². The number of unbranched alkanes of at least 4 members (excludes halogenated alkanes) is 2. The van der Waals surface area contributed by atoms with E-state index in [0.717, 1.165) is 19.3 Å². The van der Waals surface area contributed by atoms with Crippen LogP contribution in [0.4, 0.5) is 0 Å². The second-order valence-electron chi connectivity index (χ2n) is 3.87. The van der Waals surface area contributed by atoms with E-state index in [2.05, 4.69) is 16.6 Å². The Kier molecular flexibility index (Phi) is 4.26. The van der Waals surface area contributed by atoms with Crippen LogP contribution in [-0.2, 0) is 10.0 Å². The van der Waals surface area contributed by atoms with Crippen LogP contribution in [0.5, 0.6) is 0 Å². The Morgan fingerprint density at radius 3 is 3.00 bits per heavy atom. The van der Waals surface area contributed by atoms with Gasteiger partial charge in [-0.15, -0.1) is 11.3 Å². The van der Waals surface area contributed by atoms with Gasteiger partial charge in [0.1, 0.15) is 0 Å². The molecular formula is C10H14ClN3O2S2. The van der Waals surface area contributed by atoms with Crippen molar-refractivity contribution in [2.75, 3.05) is 6.54 Å². The third-order valence-corrected chi connectivity index (χ3v) is 5.12. The first kappa shape index (κ1) is 13.8. The first-order chi connectivity index (χ1) is 8.56. The molecule has 0 saturated heterocycles. The molecule has 0 bridgehead atoms. The molecule has 0 radical (unpaired) electrons. The SMILES string of the molecule is CCCCCNS(=O)(=O)c1c(Cl)nc2sccn12. The minimum atomic E-state index is -3.60. The van der Waals surface area contributed by atoms with Crippen LogP contribution in [0.2, 0.25) is 5.15 Å². The number of nitrogens with one attached hydrogen (secondary N) is 1. The molecule has 0 amide bonds. The quantitative estimate of drug-likeness (QED) is 0.834. The molecule has 0 saturated carbocycles. The van der Waals surface area contributed by atoms with Gasteiger partial charge in [-0.25, -0.2) is 18.1 Å². The second-order valence-corrected chi connectivity index (χ2v) is 6.78. The molecule has 0 aliphatic carbocycles. The van der Waals surface area contributed by atoms with Gasteiger partial charge in [0.05, 0.1) is 0 Å². The Hall–Kier alpha value is -0.630. The minimum absolute atomic E-state index is 0.0184. The molecule has 2 aromatic heterocycles. The molecule has 2 aromatic rings. The lowest BCUT2D eigenvalue weighted by Crippen LogP contribution is -2.26. The Morgan fingerprint density at radius 1 is 1.50 bits per heavy atom. The summed E-state index contributed by atoms with van der Waals surface area (Å²) in [7, 11) is -3.60. The molecule has 8 heteroatoms. The molecule has 0 aliphatic heterocycles. The molecule has 100 valence electrons. The Balaban J connectivity index is 2.23. The zero-order valence-electron chi connectivity index (χ0n) is 9.89. The van der Waals surface area contributed by atoms with Crippen LogP contribution in [0.15, 0.2) is 16.6 Å². The van der Waals surface area contributed by atoms with Crippen LogP contribution in [-0.4, -0.2) is 24.3 Å². The number of halogens is 1. The van der Waals surface area contributed by atoms with Gasteiger partial charge in [-0.2, -0.15) is 0 Å². The van der Waals surface area contributed by atoms with Crippen molar-refractivity contribution in [3.63, 3.8) is 0 Å². The van der Waals surface area contributed by atoms with E-state index in [4.69, 9.17) is 11.6 Å². The van der Waals surface area contributed by atoms with Crippen LogP contribution < -0.4 is 4.72 Å². The van der Waals surface area contributed by atoms with Crippen LogP contribution in [0.1, 0.15) is 26.2 Å². The number of sulfonamides is 1. The molecule has 2 heterocycles. The van der Waals surface area contributed by atoms with Crippen LogP contribution >= 0.6 is 22.9 Å². The van der Waals surface area contributed by atoms with E-state index in [9.17, 15) is 8.42 Å². The molecule has 0 aromatic carbocycles. The average Bonchev–Trinajstić information content (AvgIpc) is 2.83. The molecule has 18 heavy (non-hydrogen) atoms. The van der Waals surface area contributed by atoms with Crippen molar-refractivity contribution >= 4 is 37.9 Å². The monoisotopic (exact) mass is 307 g/mol. The van der Waals surface area contributed by atoms with Crippen molar-refractivity contribution in [3.8, 4) is 0 Å². The smallest absolute Gasteiger partial charge is 0.259 e. The topological polar surface area (TPSA) is 63.5 Å². The highest BCUT2D eigenvalue weighted by Crippen LogP contribution is 2.25. The summed E-state index contributed by atoms with van der Waals surface area (Å²) in [6.45, 7) is 2.49. The molecular weight excluding hydrogens is 294 g/mol. The van der Waals surface area contributed by atoms with E-state index in [1.54, 1.807) is 11.6 Å². The van der Waals surface area contributed by atoms with Crippen LogP contribution in [0, 0.1) is 0 Å². The predicted octanol–water partition coefficient (Wildman–Crippen LogP) is 2.52. The molecule has 0 aliphatic rings. The number of aromatic nitrogens is 2. The number of rotatable bonds is 6. The normalized spacial score (nSPS) is 12.3. The summed E-state index contributed by atoms with van der Waals surface area (Å²) in [5.74, 6) is 0. The number of thiazole rings is 1. The van der Waals surface area contributed by atoms with Crippen molar-refractivity contribution in [2.24, 2.45) is 0 Å². The van der Waals surface area contributed by atoms with Gasteiger partial charge in [0.2, 0.25) is 0 Å². The van der Waals surface area contributed by atoms with Crippen molar-refractivity contribution in [2.45, 2.75) is 31.2 Å². The number of hydrogen-bond acceptors (Lipinski definition) is 4. The van der Waals surface area contributed by atoms with Gasteiger partial charge >= 0.3 is 0 Å². The summed E-state index contributed by atoms with van der Waals surface area (Å²) < 4.78 is 28.3. The summed E-state index contributed by atoms with van der Waals surface area (Å²) in [5, 5.41) is 1.82. The fourth-order valence-corrected chi connectivity index (χ4v) is 4.15. The van der Waals surface area contributed by atoms with Crippen molar-refractivity contribution in [3.05, 3.63) is 16.7 Å². The average molecular weight is 308 g/mol. The maximum absolute atomic E-state index is 12.1. The summed E-state index contributed by atoms with van der Waals surface area (Å²) >= 11 is 7.23. The molecule has 0 fully saturated rings. The molecule has 2 rings (SSSR count). The zero-order valence-corrected chi connectivity index (χ0v) is 12.3. The van der Waals surface area contributed by atoms with Gasteiger partial charge in [0.15, 0.2) is 15.1 Å². The third kappa shape index (κ3) is 2.69. The number of imidazole rings is 1. The van der Waals surface area contributed by atoms with Gasteiger partial charge in [-0.05, 0) is 6.42 Å². The van der Waals surface area contributed by atoms with Gasteiger partial charge < -0.3 is 0 Å². The number of fused-ring (bicyclic) bond motifs is 1. The highest BCUT2D eigenvalue weighted by Gasteiger charge is 2.24. The van der Waals surface area contributed by atoms with E-state index >= 15 is 0 Å². The lowest BCUT2D eigenvalue weighted by atomic mass is 10.3. The van der Waals surface area contributed by atoms with E-state index in [1.165, 1.54) is 15.7 Å². The lowest BCUT2D eigenvalue weighted by molar-refractivity contribution is 0.571. The van der Waals surface area contributed by atoms with E-state index in [0.29, 0.717) is 11.5 Å². The van der Waals surface area contributed by atoms with Gasteiger partial charge in [0.25, 0.3) is 10.0 Å². The molecule has 0 atom stereocenters. The van der Waals surface area contributed by atoms with Gasteiger partial charge in [-0.3, -0.25) is 4.40 Å². The largest absolute Gasteiger partial charge is 0.279 e. The van der Waals surface area contributed by atoms with E-state index < -0.39 is 10.0 Å². The molecule has 0 spiro atoms. The first-order valence-corrected chi connectivity index (χ1v) is 8.41. The fraction of sp³-hybridized carbons (Fsp3) is 0.500. The number of nitrogens with zero attached hydrogens (tertiary/aromatic N) is 2. The first-order valence-electron chi connectivity index (χ1n) is 5.67. The van der Waals surface area contributed by atoms with Crippen LogP contribution in [0.25, 0.3) is 4.96 Å². The highest BCUT2D eigenvalue weighted by atomic mass is 35.5. The third-order valence-electron chi connectivity index (χ3n) is 2.51. The standard InChI is InChI=1S/C10H14ClN3O2S2/c1-2-3-4-5-12-18(15,16)9-8(11)13-10-14(9)6-7-17-10/h6-7,12H,2-5H2,1H3. The maximum Gasteiger partial charge on any atom is 0.259 e. The summed E-state index contributed by atoms with van der Waals surface area (Å²) in [5.41, 5.74) is 0. The maximum atomic E-state index is 12.1. The zero-order chi connectivity index (χ0) is 13.2. The summed E-state index contributed by atoms with van der Waals surface area (Å²) in [4.78, 5) is 4.59. The molecule has 5 nitrogen and oxygen atoms in total. The predicted molar refractivity (Wildman–Crippen MR) is 72.8 cm³/mol. The van der Waals surface area contributed by atoms with Crippen molar-refractivity contribution in [1.82, 2.24) is 14.1 Å². The molecule has 0 unspecified atom stereocenters. The Labute approximate surface area is 115 Å². The number of hydrogen-bond donors (Lipinski definition) is 1. The Bertz CT molecular complexity index is 633. The fourth-order valence-electron chi connectivity index (χ4n) is 1.63. The summed E-state index contributed by atoms with van der Waals surface area (Å²) in [6.07, 6.45) is 4.51. The molecule has 1 N–H and O–H groups in total. The van der Waals surface area contributed by atoms with Gasteiger partial charge in [-0.1, -0.05) is 31.4 Å².